The second-order valence-corrected chi connectivity index (χ2v) is 6.21. The number of benzene rings is 1. The van der Waals surface area contributed by atoms with Gasteiger partial charge in [0.25, 0.3) is 0 Å². The third kappa shape index (κ3) is 2.77. The van der Waals surface area contributed by atoms with E-state index in [1.54, 1.807) is 0 Å². The molecule has 114 valence electrons. The van der Waals surface area contributed by atoms with Gasteiger partial charge in [-0.05, 0) is 44.2 Å². The summed E-state index contributed by atoms with van der Waals surface area (Å²) in [6.45, 7) is 4.77. The maximum Gasteiger partial charge on any atom is 0.244 e. The second-order valence-electron chi connectivity index (χ2n) is 6.21. The smallest absolute Gasteiger partial charge is 0.244 e. The Morgan fingerprint density at radius 2 is 1.90 bits per heavy atom. The molecule has 2 atom stereocenters. The first-order valence-electron chi connectivity index (χ1n) is 8.08. The molecule has 0 radical (unpaired) electrons. The van der Waals surface area contributed by atoms with E-state index in [-0.39, 0.29) is 18.0 Å². The largest absolute Gasteiger partial charge is 0.360 e. The van der Waals surface area contributed by atoms with Crippen molar-refractivity contribution in [2.24, 2.45) is 5.73 Å². The minimum atomic E-state index is -0.102. The van der Waals surface area contributed by atoms with Crippen molar-refractivity contribution >= 4 is 11.6 Å². The molecule has 1 aromatic rings. The molecular weight excluding hydrogens is 262 g/mol. The van der Waals surface area contributed by atoms with Crippen LogP contribution in [0.2, 0.25) is 0 Å². The summed E-state index contributed by atoms with van der Waals surface area (Å²) in [5.41, 5.74) is 8.60. The van der Waals surface area contributed by atoms with Gasteiger partial charge in [0.1, 0.15) is 6.04 Å². The van der Waals surface area contributed by atoms with E-state index in [9.17, 15) is 4.79 Å². The number of anilines is 1. The summed E-state index contributed by atoms with van der Waals surface area (Å²) >= 11 is 0. The summed E-state index contributed by atoms with van der Waals surface area (Å²) in [5.74, 6) is 0.262. The van der Waals surface area contributed by atoms with E-state index in [1.807, 2.05) is 24.0 Å². The highest BCUT2D eigenvalue weighted by molar-refractivity contribution is 5.85. The molecule has 2 aliphatic rings. The normalized spacial score (nSPS) is 23.6. The predicted molar refractivity (Wildman–Crippen MR) is 85.2 cm³/mol. The number of nitrogens with two attached hydrogens (primary N) is 1. The fourth-order valence-electron chi connectivity index (χ4n) is 3.56. The number of nitrogens with zero attached hydrogens (tertiary/aromatic N) is 2. The Morgan fingerprint density at radius 3 is 2.67 bits per heavy atom. The lowest BCUT2D eigenvalue weighted by molar-refractivity contribution is -0.131. The van der Waals surface area contributed by atoms with Crippen LogP contribution < -0.4 is 10.6 Å². The van der Waals surface area contributed by atoms with Crippen molar-refractivity contribution in [1.29, 1.82) is 0 Å². The number of para-hydroxylation sites is 1. The molecule has 4 nitrogen and oxygen atoms in total. The summed E-state index contributed by atoms with van der Waals surface area (Å²) in [6, 6.07) is 8.26. The van der Waals surface area contributed by atoms with Crippen LogP contribution in [0.3, 0.4) is 0 Å². The Hall–Kier alpha value is -1.55. The summed E-state index contributed by atoms with van der Waals surface area (Å²) in [6.07, 6.45) is 4.30. The van der Waals surface area contributed by atoms with Crippen LogP contribution >= 0.6 is 0 Å². The van der Waals surface area contributed by atoms with Crippen LogP contribution in [0, 0.1) is 0 Å². The molecule has 2 unspecified atom stereocenters. The Bertz CT molecular complexity index is 511. The van der Waals surface area contributed by atoms with Gasteiger partial charge in [0, 0.05) is 31.4 Å². The Labute approximate surface area is 126 Å². The zero-order chi connectivity index (χ0) is 14.8. The first-order chi connectivity index (χ1) is 10.2. The number of rotatable bonds is 2. The summed E-state index contributed by atoms with van der Waals surface area (Å²) in [7, 11) is 0. The van der Waals surface area contributed by atoms with Gasteiger partial charge in [-0.2, -0.15) is 0 Å². The van der Waals surface area contributed by atoms with E-state index >= 15 is 0 Å². The number of likely N-dealkylation sites (tertiary alicyclic amines) is 1. The molecule has 2 aliphatic heterocycles. The van der Waals surface area contributed by atoms with Crippen molar-refractivity contribution < 1.29 is 4.79 Å². The van der Waals surface area contributed by atoms with Gasteiger partial charge in [0.15, 0.2) is 0 Å². The van der Waals surface area contributed by atoms with E-state index in [0.29, 0.717) is 0 Å². The zero-order valence-corrected chi connectivity index (χ0v) is 12.8. The molecule has 1 aromatic carbocycles. The first-order valence-corrected chi connectivity index (χ1v) is 8.08. The third-order valence-corrected chi connectivity index (χ3v) is 4.80. The molecule has 0 bridgehead atoms. The average Bonchev–Trinajstić information content (AvgIpc) is 2.99. The Morgan fingerprint density at radius 1 is 1.19 bits per heavy atom. The quantitative estimate of drug-likeness (QED) is 0.908. The van der Waals surface area contributed by atoms with Crippen LogP contribution in [0.15, 0.2) is 24.3 Å². The molecule has 2 N–H and O–H groups in total. The van der Waals surface area contributed by atoms with Gasteiger partial charge in [-0.15, -0.1) is 0 Å². The van der Waals surface area contributed by atoms with E-state index in [4.69, 9.17) is 5.73 Å². The highest BCUT2D eigenvalue weighted by atomic mass is 16.2. The molecule has 0 spiro atoms. The molecule has 0 aromatic heterocycles. The van der Waals surface area contributed by atoms with Crippen LogP contribution in [0.5, 0.6) is 0 Å². The minimum Gasteiger partial charge on any atom is -0.360 e. The first kappa shape index (κ1) is 14.4. The lowest BCUT2D eigenvalue weighted by atomic mass is 10.0. The van der Waals surface area contributed by atoms with Crippen LogP contribution in [0.25, 0.3) is 0 Å². The summed E-state index contributed by atoms with van der Waals surface area (Å²) in [4.78, 5) is 17.0. The summed E-state index contributed by atoms with van der Waals surface area (Å²) in [5, 5.41) is 0. The molecule has 2 heterocycles. The van der Waals surface area contributed by atoms with Crippen LogP contribution in [-0.4, -0.2) is 36.5 Å². The van der Waals surface area contributed by atoms with Gasteiger partial charge in [0.2, 0.25) is 5.91 Å². The number of fused-ring (bicyclic) bond motifs is 1. The lowest BCUT2D eigenvalue weighted by Gasteiger charge is -2.33. The van der Waals surface area contributed by atoms with Crippen molar-refractivity contribution in [2.45, 2.75) is 44.7 Å². The van der Waals surface area contributed by atoms with Gasteiger partial charge >= 0.3 is 0 Å². The SMILES string of the molecule is CC(C(=O)N1CCCC1)N1CCCC(N)c2ccccc21. The maximum absolute atomic E-state index is 12.7. The van der Waals surface area contributed by atoms with Crippen LogP contribution in [0.1, 0.15) is 44.2 Å². The number of hydrogen-bond acceptors (Lipinski definition) is 3. The molecular formula is C17H25N3O. The topological polar surface area (TPSA) is 49.6 Å². The van der Waals surface area contributed by atoms with Crippen molar-refractivity contribution in [1.82, 2.24) is 4.90 Å². The molecule has 21 heavy (non-hydrogen) atoms. The Balaban J connectivity index is 1.86. The van der Waals surface area contributed by atoms with Crippen molar-refractivity contribution in [2.75, 3.05) is 24.5 Å². The number of hydrogen-bond donors (Lipinski definition) is 1. The molecule has 0 saturated carbocycles. The van der Waals surface area contributed by atoms with E-state index in [1.165, 1.54) is 5.56 Å². The van der Waals surface area contributed by atoms with Crippen molar-refractivity contribution in [3.05, 3.63) is 29.8 Å². The molecule has 1 fully saturated rings. The average molecular weight is 287 g/mol. The van der Waals surface area contributed by atoms with Crippen molar-refractivity contribution in [3.63, 3.8) is 0 Å². The predicted octanol–water partition coefficient (Wildman–Crippen LogP) is 2.30. The maximum atomic E-state index is 12.7. The van der Waals surface area contributed by atoms with Gasteiger partial charge in [0.05, 0.1) is 0 Å². The van der Waals surface area contributed by atoms with Gasteiger partial charge in [-0.1, -0.05) is 18.2 Å². The third-order valence-electron chi connectivity index (χ3n) is 4.80. The second kappa shape index (κ2) is 6.06. The molecule has 4 heteroatoms. The van der Waals surface area contributed by atoms with Crippen molar-refractivity contribution in [3.8, 4) is 0 Å². The molecule has 1 amide bonds. The van der Waals surface area contributed by atoms with Crippen LogP contribution in [-0.2, 0) is 4.79 Å². The van der Waals surface area contributed by atoms with Gasteiger partial charge in [-0.3, -0.25) is 4.79 Å². The van der Waals surface area contributed by atoms with Gasteiger partial charge in [-0.25, -0.2) is 0 Å². The minimum absolute atomic E-state index is 0.0836. The van der Waals surface area contributed by atoms with Gasteiger partial charge < -0.3 is 15.5 Å². The van der Waals surface area contributed by atoms with E-state index in [0.717, 1.165) is 51.0 Å². The Kier molecular flexibility index (Phi) is 4.15. The van der Waals surface area contributed by atoms with E-state index in [2.05, 4.69) is 17.0 Å². The standard InChI is InChI=1S/C17H25N3O/c1-13(17(21)19-10-4-5-11-19)20-12-6-8-15(18)14-7-2-3-9-16(14)20/h2-3,7,9,13,15H,4-6,8,10-12,18H2,1H3. The number of carbonyl (C=O) groups excluding carboxylic acids is 1. The highest BCUT2D eigenvalue weighted by Crippen LogP contribution is 2.33. The highest BCUT2D eigenvalue weighted by Gasteiger charge is 2.30. The van der Waals surface area contributed by atoms with E-state index < -0.39 is 0 Å². The fourth-order valence-corrected chi connectivity index (χ4v) is 3.56. The zero-order valence-electron chi connectivity index (χ0n) is 12.8. The molecule has 3 rings (SSSR count). The van der Waals surface area contributed by atoms with Crippen LogP contribution in [0.4, 0.5) is 5.69 Å². The summed E-state index contributed by atoms with van der Waals surface area (Å²) < 4.78 is 0. The number of amides is 1. The molecule has 1 saturated heterocycles. The lowest BCUT2D eigenvalue weighted by Crippen LogP contribution is -2.46. The fraction of sp³-hybridized carbons (Fsp3) is 0.588. The molecule has 0 aliphatic carbocycles. The number of carbonyl (C=O) groups is 1. The monoisotopic (exact) mass is 287 g/mol.